The Morgan fingerprint density at radius 2 is 2.38 bits per heavy atom. The number of nitrogens with zero attached hydrogens (tertiary/aromatic N) is 1. The summed E-state index contributed by atoms with van der Waals surface area (Å²) in [5, 5.41) is 2.67. The molecule has 0 saturated carbocycles. The average molecular weight is 112 g/mol. The van der Waals surface area contributed by atoms with Crippen LogP contribution in [0.4, 0.5) is 0 Å². The smallest absolute Gasteiger partial charge is 0.144 e. The molecule has 0 aliphatic heterocycles. The topological polar surface area (TPSA) is 41.5 Å². The molecule has 8 heavy (non-hydrogen) atoms. The van der Waals surface area contributed by atoms with Crippen LogP contribution in [-0.2, 0) is 4.79 Å². The number of carbonyl (C=O) groups is 1. The van der Waals surface area contributed by atoms with Gasteiger partial charge in [-0.2, -0.15) is 0 Å². The van der Waals surface area contributed by atoms with E-state index in [1.54, 1.807) is 7.05 Å². The van der Waals surface area contributed by atoms with Gasteiger partial charge in [0.25, 0.3) is 0 Å². The maximum absolute atomic E-state index is 9.59. The number of hydrogen-bond acceptors (Lipinski definition) is 2. The third-order valence-electron chi connectivity index (χ3n) is 0.454. The van der Waals surface area contributed by atoms with Gasteiger partial charge < -0.3 is 5.32 Å². The number of carbonyl (C=O) groups excluding carboxylic acids is 1. The third-order valence-corrected chi connectivity index (χ3v) is 0.454. The van der Waals surface area contributed by atoms with Crippen LogP contribution >= 0.6 is 0 Å². The first kappa shape index (κ1) is 6.88. The number of rotatable bonds is 3. The molecule has 0 unspecified atom stereocenters. The molecule has 0 radical (unpaired) electrons. The summed E-state index contributed by atoms with van der Waals surface area (Å²) in [7, 11) is 1.73. The second kappa shape index (κ2) is 5.88. The van der Waals surface area contributed by atoms with Gasteiger partial charge in [-0.25, -0.2) is 4.99 Å². The van der Waals surface area contributed by atoms with Gasteiger partial charge in [-0.15, -0.1) is 0 Å². The van der Waals surface area contributed by atoms with Gasteiger partial charge in [0.05, 0.1) is 6.34 Å². The van der Waals surface area contributed by atoms with Gasteiger partial charge in [-0.05, 0) is 6.08 Å². The van der Waals surface area contributed by atoms with Crippen molar-refractivity contribution in [2.75, 3.05) is 7.05 Å². The van der Waals surface area contributed by atoms with E-state index >= 15 is 0 Å². The zero-order valence-electron chi connectivity index (χ0n) is 4.66. The van der Waals surface area contributed by atoms with Gasteiger partial charge in [0.15, 0.2) is 0 Å². The summed E-state index contributed by atoms with van der Waals surface area (Å²) in [5.74, 6) is 0. The van der Waals surface area contributed by atoms with Crippen molar-refractivity contribution in [1.82, 2.24) is 5.32 Å². The minimum atomic E-state index is 0.674. The van der Waals surface area contributed by atoms with Crippen LogP contribution in [0.1, 0.15) is 0 Å². The fourth-order valence-electron chi connectivity index (χ4n) is 0.202. The first-order valence-corrected chi connectivity index (χ1v) is 2.21. The van der Waals surface area contributed by atoms with Gasteiger partial charge in [0.2, 0.25) is 0 Å². The van der Waals surface area contributed by atoms with E-state index in [9.17, 15) is 4.79 Å². The van der Waals surface area contributed by atoms with Crippen LogP contribution < -0.4 is 5.32 Å². The monoisotopic (exact) mass is 112 g/mol. The van der Waals surface area contributed by atoms with Gasteiger partial charge in [0.1, 0.15) is 6.29 Å². The lowest BCUT2D eigenvalue weighted by atomic mass is 10.7. The van der Waals surface area contributed by atoms with Crippen molar-refractivity contribution in [1.29, 1.82) is 0 Å². The first-order valence-electron chi connectivity index (χ1n) is 2.21. The molecule has 0 aromatic heterocycles. The van der Waals surface area contributed by atoms with E-state index in [4.69, 9.17) is 0 Å². The molecule has 0 rings (SSSR count). The lowest BCUT2D eigenvalue weighted by molar-refractivity contribution is -0.104. The van der Waals surface area contributed by atoms with Gasteiger partial charge in [-0.1, -0.05) is 0 Å². The summed E-state index contributed by atoms with van der Waals surface area (Å²) < 4.78 is 0. The Kier molecular flexibility index (Phi) is 5.06. The molecule has 0 aromatic carbocycles. The van der Waals surface area contributed by atoms with Crippen molar-refractivity contribution >= 4 is 12.6 Å². The molecular weight excluding hydrogens is 104 g/mol. The van der Waals surface area contributed by atoms with E-state index in [1.165, 1.54) is 18.6 Å². The fraction of sp³-hybridized carbons (Fsp3) is 0.200. The SMILES string of the molecule is CN/C=N\C=C/C=O. The molecule has 0 saturated heterocycles. The summed E-state index contributed by atoms with van der Waals surface area (Å²) in [5.41, 5.74) is 0. The lowest BCUT2D eigenvalue weighted by Gasteiger charge is -1.77. The molecule has 0 aromatic rings. The highest BCUT2D eigenvalue weighted by atomic mass is 16.1. The summed E-state index contributed by atoms with van der Waals surface area (Å²) in [6, 6.07) is 0. The lowest BCUT2D eigenvalue weighted by Crippen LogP contribution is -1.99. The van der Waals surface area contributed by atoms with Crippen molar-refractivity contribution in [3.05, 3.63) is 12.3 Å². The molecule has 0 bridgehead atoms. The summed E-state index contributed by atoms with van der Waals surface area (Å²) in [6.07, 6.45) is 4.88. The van der Waals surface area contributed by atoms with Crippen LogP contribution in [0.3, 0.4) is 0 Å². The molecule has 0 spiro atoms. The van der Waals surface area contributed by atoms with Gasteiger partial charge in [-0.3, -0.25) is 4.79 Å². The zero-order valence-corrected chi connectivity index (χ0v) is 4.66. The summed E-state index contributed by atoms with van der Waals surface area (Å²) >= 11 is 0. The predicted octanol–water partition coefficient (Wildman–Crippen LogP) is -0.0533. The molecule has 44 valence electrons. The Labute approximate surface area is 48.1 Å². The quantitative estimate of drug-likeness (QED) is 0.240. The highest BCUT2D eigenvalue weighted by Gasteiger charge is 1.59. The number of nitrogens with one attached hydrogen (secondary N) is 1. The fourth-order valence-corrected chi connectivity index (χ4v) is 0.202. The normalized spacial score (nSPS) is 10.6. The molecule has 0 fully saturated rings. The number of aliphatic imine (C=N–C) groups is 1. The molecule has 1 N–H and O–H groups in total. The Morgan fingerprint density at radius 1 is 1.62 bits per heavy atom. The summed E-state index contributed by atoms with van der Waals surface area (Å²) in [4.78, 5) is 13.2. The van der Waals surface area contributed by atoms with Crippen LogP contribution in [0.5, 0.6) is 0 Å². The minimum Gasteiger partial charge on any atom is -0.379 e. The van der Waals surface area contributed by atoms with Crippen molar-refractivity contribution in [3.63, 3.8) is 0 Å². The van der Waals surface area contributed by atoms with Gasteiger partial charge in [0, 0.05) is 13.2 Å². The second-order valence-electron chi connectivity index (χ2n) is 1.04. The zero-order chi connectivity index (χ0) is 6.24. The van der Waals surface area contributed by atoms with Crippen LogP contribution in [0.25, 0.3) is 0 Å². The molecule has 0 atom stereocenters. The van der Waals surface area contributed by atoms with Crippen molar-refractivity contribution in [3.8, 4) is 0 Å². The van der Waals surface area contributed by atoms with Crippen molar-refractivity contribution in [2.45, 2.75) is 0 Å². The molecule has 0 aliphatic carbocycles. The van der Waals surface area contributed by atoms with Crippen molar-refractivity contribution < 1.29 is 4.79 Å². The minimum absolute atomic E-state index is 0.674. The molecule has 3 heteroatoms. The van der Waals surface area contributed by atoms with Crippen LogP contribution in [0.15, 0.2) is 17.3 Å². The predicted molar refractivity (Wildman–Crippen MR) is 32.8 cm³/mol. The molecule has 0 amide bonds. The molecule has 3 nitrogen and oxygen atoms in total. The standard InChI is InChI=1S/C5H8N2O/c1-6-5-7-3-2-4-8/h2-5H,1H3,(H,6,7)/b3-2-. The average Bonchev–Trinajstić information content (AvgIpc) is 1.81. The molecular formula is C5H8N2O. The first-order chi connectivity index (χ1) is 3.91. The van der Waals surface area contributed by atoms with E-state index in [0.717, 1.165) is 0 Å². The van der Waals surface area contributed by atoms with Gasteiger partial charge >= 0.3 is 0 Å². The van der Waals surface area contributed by atoms with E-state index in [-0.39, 0.29) is 0 Å². The highest BCUT2D eigenvalue weighted by Crippen LogP contribution is 1.64. The number of allylic oxidation sites excluding steroid dienone is 1. The second-order valence-corrected chi connectivity index (χ2v) is 1.04. The van der Waals surface area contributed by atoms with Crippen LogP contribution in [0, 0.1) is 0 Å². The largest absolute Gasteiger partial charge is 0.379 e. The van der Waals surface area contributed by atoms with E-state index < -0.39 is 0 Å². The third kappa shape index (κ3) is 4.88. The van der Waals surface area contributed by atoms with Crippen LogP contribution in [0.2, 0.25) is 0 Å². The van der Waals surface area contributed by atoms with E-state index in [0.29, 0.717) is 6.29 Å². The maximum Gasteiger partial charge on any atom is 0.144 e. The van der Waals surface area contributed by atoms with E-state index in [2.05, 4.69) is 10.3 Å². The van der Waals surface area contributed by atoms with Crippen molar-refractivity contribution in [2.24, 2.45) is 4.99 Å². The highest BCUT2D eigenvalue weighted by molar-refractivity contribution is 5.65. The molecule has 0 heterocycles. The van der Waals surface area contributed by atoms with Crippen LogP contribution in [-0.4, -0.2) is 19.7 Å². The Morgan fingerprint density at radius 3 is 2.88 bits per heavy atom. The van der Waals surface area contributed by atoms with E-state index in [1.807, 2.05) is 0 Å². The number of aldehydes is 1. The molecule has 0 aliphatic rings. The Hall–Kier alpha value is -1.12. The Bertz CT molecular complexity index is 107. The Balaban J connectivity index is 3.26. The summed E-state index contributed by atoms with van der Waals surface area (Å²) in [6.45, 7) is 0. The number of hydrogen-bond donors (Lipinski definition) is 1. The maximum atomic E-state index is 9.59.